The van der Waals surface area contributed by atoms with Crippen LogP contribution in [0.2, 0.25) is 0 Å². The maximum absolute atomic E-state index is 10.8. The molecule has 0 fully saturated rings. The molecule has 0 aliphatic heterocycles. The predicted octanol–water partition coefficient (Wildman–Crippen LogP) is -0.0167. The Morgan fingerprint density at radius 1 is 1.55 bits per heavy atom. The molecular formula is C4H7N3O2S2. The van der Waals surface area contributed by atoms with Gasteiger partial charge in [-0.1, -0.05) is 0 Å². The zero-order valence-electron chi connectivity index (χ0n) is 6.03. The van der Waals surface area contributed by atoms with Crippen LogP contribution in [0, 0.1) is 0 Å². The van der Waals surface area contributed by atoms with Crippen molar-refractivity contribution in [2.75, 3.05) is 18.6 Å². The number of rotatable bonds is 2. The van der Waals surface area contributed by atoms with Gasteiger partial charge in [0.1, 0.15) is 0 Å². The SMILES string of the molecule is CNc1nc(S(C)(=O)=O)ns1. The molecular weight excluding hydrogens is 186 g/mol. The summed E-state index contributed by atoms with van der Waals surface area (Å²) in [4.78, 5) is 3.71. The second-order valence-electron chi connectivity index (χ2n) is 1.90. The van der Waals surface area contributed by atoms with Crippen LogP contribution in [-0.4, -0.2) is 31.1 Å². The highest BCUT2D eigenvalue weighted by molar-refractivity contribution is 7.90. The van der Waals surface area contributed by atoms with E-state index < -0.39 is 9.84 Å². The predicted molar refractivity (Wildman–Crippen MR) is 42.6 cm³/mol. The third-order valence-electron chi connectivity index (χ3n) is 0.953. The molecule has 0 spiro atoms. The molecule has 1 rings (SSSR count). The van der Waals surface area contributed by atoms with Crippen LogP contribution in [0.3, 0.4) is 0 Å². The molecule has 5 nitrogen and oxygen atoms in total. The molecule has 1 aromatic heterocycles. The Balaban J connectivity index is 3.09. The third kappa shape index (κ3) is 1.87. The third-order valence-corrected chi connectivity index (χ3v) is 2.65. The van der Waals surface area contributed by atoms with Gasteiger partial charge in [-0.3, -0.25) is 0 Å². The first-order chi connectivity index (χ1) is 5.04. The number of sulfone groups is 1. The van der Waals surface area contributed by atoms with Crippen LogP contribution < -0.4 is 5.32 Å². The fourth-order valence-corrected chi connectivity index (χ4v) is 1.85. The Morgan fingerprint density at radius 2 is 2.18 bits per heavy atom. The summed E-state index contributed by atoms with van der Waals surface area (Å²) >= 11 is 1.03. The lowest BCUT2D eigenvalue weighted by atomic mass is 11.1. The van der Waals surface area contributed by atoms with Gasteiger partial charge in [0.25, 0.3) is 5.16 Å². The van der Waals surface area contributed by atoms with Gasteiger partial charge in [0.15, 0.2) is 0 Å². The quantitative estimate of drug-likeness (QED) is 0.715. The molecule has 0 saturated carbocycles. The number of hydrogen-bond acceptors (Lipinski definition) is 6. The first-order valence-electron chi connectivity index (χ1n) is 2.75. The summed E-state index contributed by atoms with van der Waals surface area (Å²) in [6.07, 6.45) is 1.08. The molecule has 0 unspecified atom stereocenters. The zero-order chi connectivity index (χ0) is 8.48. The van der Waals surface area contributed by atoms with Crippen molar-refractivity contribution in [1.29, 1.82) is 0 Å². The van der Waals surface area contributed by atoms with Crippen LogP contribution >= 0.6 is 11.5 Å². The van der Waals surface area contributed by atoms with Crippen LogP contribution in [0.1, 0.15) is 0 Å². The summed E-state index contributed by atoms with van der Waals surface area (Å²) in [7, 11) is -1.58. The van der Waals surface area contributed by atoms with E-state index in [1.807, 2.05) is 0 Å². The topological polar surface area (TPSA) is 72.0 Å². The fourth-order valence-electron chi connectivity index (χ4n) is 0.462. The number of nitrogens with one attached hydrogen (secondary N) is 1. The Morgan fingerprint density at radius 3 is 2.45 bits per heavy atom. The highest BCUT2D eigenvalue weighted by atomic mass is 32.2. The lowest BCUT2D eigenvalue weighted by Gasteiger charge is -1.86. The maximum Gasteiger partial charge on any atom is 0.260 e. The molecule has 0 aliphatic carbocycles. The Labute approximate surface area is 68.6 Å². The first-order valence-corrected chi connectivity index (χ1v) is 5.42. The van der Waals surface area contributed by atoms with E-state index in [-0.39, 0.29) is 5.16 Å². The van der Waals surface area contributed by atoms with E-state index >= 15 is 0 Å². The number of aromatic nitrogens is 2. The van der Waals surface area contributed by atoms with E-state index in [1.165, 1.54) is 0 Å². The van der Waals surface area contributed by atoms with Crippen molar-refractivity contribution in [1.82, 2.24) is 9.36 Å². The molecule has 62 valence electrons. The number of hydrogen-bond donors (Lipinski definition) is 1. The summed E-state index contributed by atoms with van der Waals surface area (Å²) < 4.78 is 25.3. The van der Waals surface area contributed by atoms with Gasteiger partial charge in [-0.05, 0) is 0 Å². The van der Waals surface area contributed by atoms with Gasteiger partial charge in [-0.15, -0.1) is 0 Å². The van der Waals surface area contributed by atoms with E-state index in [9.17, 15) is 8.42 Å². The molecule has 0 saturated heterocycles. The second kappa shape index (κ2) is 2.74. The summed E-state index contributed by atoms with van der Waals surface area (Å²) in [6.45, 7) is 0. The van der Waals surface area contributed by atoms with Crippen molar-refractivity contribution >= 4 is 26.5 Å². The van der Waals surface area contributed by atoms with Gasteiger partial charge in [-0.25, -0.2) is 8.42 Å². The largest absolute Gasteiger partial charge is 0.363 e. The van der Waals surface area contributed by atoms with Gasteiger partial charge < -0.3 is 5.32 Å². The summed E-state index contributed by atoms with van der Waals surface area (Å²) in [5, 5.41) is 3.09. The Bertz CT molecular complexity index is 342. The van der Waals surface area contributed by atoms with Gasteiger partial charge in [0, 0.05) is 24.8 Å². The lowest BCUT2D eigenvalue weighted by molar-refractivity contribution is 0.595. The van der Waals surface area contributed by atoms with Gasteiger partial charge >= 0.3 is 0 Å². The summed E-state index contributed by atoms with van der Waals surface area (Å²) in [6, 6.07) is 0. The standard InChI is InChI=1S/C4H7N3O2S2/c1-5-3-6-4(7-10-3)11(2,8)9/h1-2H3,(H,5,6,7). The zero-order valence-corrected chi connectivity index (χ0v) is 7.66. The highest BCUT2D eigenvalue weighted by Crippen LogP contribution is 2.12. The second-order valence-corrected chi connectivity index (χ2v) is 4.57. The monoisotopic (exact) mass is 193 g/mol. The minimum absolute atomic E-state index is 0.119. The van der Waals surface area contributed by atoms with Crippen LogP contribution in [0.15, 0.2) is 5.16 Å². The molecule has 0 radical (unpaired) electrons. The van der Waals surface area contributed by atoms with E-state index in [4.69, 9.17) is 0 Å². The molecule has 1 heterocycles. The van der Waals surface area contributed by atoms with Gasteiger partial charge in [0.2, 0.25) is 15.0 Å². The van der Waals surface area contributed by atoms with Crippen LogP contribution in [0.5, 0.6) is 0 Å². The minimum Gasteiger partial charge on any atom is -0.363 e. The van der Waals surface area contributed by atoms with E-state index in [1.54, 1.807) is 7.05 Å². The first kappa shape index (κ1) is 8.41. The fraction of sp³-hybridized carbons (Fsp3) is 0.500. The van der Waals surface area contributed by atoms with Crippen LogP contribution in [-0.2, 0) is 9.84 Å². The van der Waals surface area contributed by atoms with E-state index in [0.717, 1.165) is 17.8 Å². The van der Waals surface area contributed by atoms with Crippen molar-refractivity contribution in [3.63, 3.8) is 0 Å². The highest BCUT2D eigenvalue weighted by Gasteiger charge is 2.13. The van der Waals surface area contributed by atoms with Crippen molar-refractivity contribution in [2.24, 2.45) is 0 Å². The van der Waals surface area contributed by atoms with E-state index in [2.05, 4.69) is 14.7 Å². The Hall–Kier alpha value is -0.690. The molecule has 0 atom stereocenters. The maximum atomic E-state index is 10.8. The Kier molecular flexibility index (Phi) is 2.10. The van der Waals surface area contributed by atoms with Crippen LogP contribution in [0.25, 0.3) is 0 Å². The normalized spacial score (nSPS) is 11.5. The lowest BCUT2D eigenvalue weighted by Crippen LogP contribution is -1.99. The summed E-state index contributed by atoms with van der Waals surface area (Å²) in [5.74, 6) is 0. The molecule has 0 aromatic carbocycles. The van der Waals surface area contributed by atoms with Gasteiger partial charge in [-0.2, -0.15) is 9.36 Å². The van der Waals surface area contributed by atoms with Crippen molar-refractivity contribution in [3.05, 3.63) is 0 Å². The smallest absolute Gasteiger partial charge is 0.260 e. The molecule has 11 heavy (non-hydrogen) atoms. The van der Waals surface area contributed by atoms with Crippen molar-refractivity contribution in [2.45, 2.75) is 5.16 Å². The molecule has 0 bridgehead atoms. The summed E-state index contributed by atoms with van der Waals surface area (Å²) in [5.41, 5.74) is 0. The van der Waals surface area contributed by atoms with Crippen molar-refractivity contribution in [3.8, 4) is 0 Å². The van der Waals surface area contributed by atoms with Crippen LogP contribution in [0.4, 0.5) is 5.13 Å². The number of anilines is 1. The molecule has 1 aromatic rings. The average Bonchev–Trinajstić information content (AvgIpc) is 2.32. The molecule has 7 heteroatoms. The molecule has 1 N–H and O–H groups in total. The van der Waals surface area contributed by atoms with E-state index in [0.29, 0.717) is 5.13 Å². The van der Waals surface area contributed by atoms with Gasteiger partial charge in [0.05, 0.1) is 0 Å². The molecule has 0 aliphatic rings. The minimum atomic E-state index is -3.24. The molecule has 0 amide bonds. The number of nitrogens with zero attached hydrogens (tertiary/aromatic N) is 2. The van der Waals surface area contributed by atoms with Crippen molar-refractivity contribution < 1.29 is 8.42 Å². The average molecular weight is 193 g/mol.